The average molecular weight is 491 g/mol. The lowest BCUT2D eigenvalue weighted by molar-refractivity contribution is -0.140. The molecule has 0 bridgehead atoms. The van der Waals surface area contributed by atoms with Crippen LogP contribution in [0.3, 0.4) is 0 Å². The number of aromatic nitrogens is 1. The van der Waals surface area contributed by atoms with Gasteiger partial charge < -0.3 is 15.5 Å². The van der Waals surface area contributed by atoms with Gasteiger partial charge in [-0.25, -0.2) is 9.98 Å². The van der Waals surface area contributed by atoms with Crippen LogP contribution in [0.4, 0.5) is 13.2 Å². The summed E-state index contributed by atoms with van der Waals surface area (Å²) in [7, 11) is 2.12. The maximum absolute atomic E-state index is 12.6. The van der Waals surface area contributed by atoms with Crippen molar-refractivity contribution in [2.24, 2.45) is 10.9 Å². The van der Waals surface area contributed by atoms with Gasteiger partial charge >= 0.3 is 6.18 Å². The van der Waals surface area contributed by atoms with Crippen LogP contribution in [0.2, 0.25) is 0 Å². The van der Waals surface area contributed by atoms with Gasteiger partial charge in [0.2, 0.25) is 0 Å². The molecule has 2 N–H and O–H groups in total. The van der Waals surface area contributed by atoms with Gasteiger partial charge in [-0.05, 0) is 39.3 Å². The van der Waals surface area contributed by atoms with Crippen molar-refractivity contribution in [3.63, 3.8) is 0 Å². The van der Waals surface area contributed by atoms with Crippen molar-refractivity contribution < 1.29 is 13.2 Å². The molecule has 0 aromatic carbocycles. The van der Waals surface area contributed by atoms with Gasteiger partial charge in [-0.15, -0.1) is 35.3 Å². The molecule has 2 rings (SSSR count). The zero-order valence-electron chi connectivity index (χ0n) is 14.4. The van der Waals surface area contributed by atoms with Gasteiger partial charge in [-0.1, -0.05) is 0 Å². The largest absolute Gasteiger partial charge is 0.434 e. The maximum atomic E-state index is 12.6. The van der Waals surface area contributed by atoms with Crippen molar-refractivity contribution in [3.05, 3.63) is 16.1 Å². The van der Waals surface area contributed by atoms with E-state index in [0.29, 0.717) is 23.4 Å². The fraction of sp³-hybridized carbons (Fsp3) is 0.733. The Balaban J connectivity index is 0.00000312. The SMILES string of the molecule is CCNC(=NCc1nc(C(F)(F)F)cs1)NCC1CCCN(C)C1.I. The van der Waals surface area contributed by atoms with Crippen molar-refractivity contribution in [2.45, 2.75) is 32.5 Å². The van der Waals surface area contributed by atoms with Crippen LogP contribution in [0.25, 0.3) is 0 Å². The molecule has 1 fully saturated rings. The zero-order chi connectivity index (χ0) is 17.6. The number of rotatable bonds is 5. The molecule has 1 aliphatic rings. The van der Waals surface area contributed by atoms with Crippen LogP contribution in [-0.2, 0) is 12.7 Å². The van der Waals surface area contributed by atoms with Gasteiger partial charge in [-0.3, -0.25) is 0 Å². The number of aliphatic imine (C=N–C) groups is 1. The summed E-state index contributed by atoms with van der Waals surface area (Å²) in [4.78, 5) is 10.3. The number of nitrogens with one attached hydrogen (secondary N) is 2. The number of thiazole rings is 1. The van der Waals surface area contributed by atoms with E-state index in [4.69, 9.17) is 0 Å². The summed E-state index contributed by atoms with van der Waals surface area (Å²) in [5.41, 5.74) is -0.846. The third kappa shape index (κ3) is 7.65. The lowest BCUT2D eigenvalue weighted by atomic mass is 9.99. The van der Waals surface area contributed by atoms with Gasteiger partial charge in [-0.2, -0.15) is 13.2 Å². The van der Waals surface area contributed by atoms with Crippen molar-refractivity contribution in [3.8, 4) is 0 Å². The molecule has 144 valence electrons. The first-order chi connectivity index (χ1) is 11.4. The number of hydrogen-bond donors (Lipinski definition) is 2. The lowest BCUT2D eigenvalue weighted by Gasteiger charge is -2.30. The molecule has 0 aliphatic carbocycles. The van der Waals surface area contributed by atoms with E-state index in [2.05, 4.69) is 32.6 Å². The van der Waals surface area contributed by atoms with E-state index in [0.717, 1.165) is 36.4 Å². The van der Waals surface area contributed by atoms with Gasteiger partial charge in [0.05, 0.1) is 6.54 Å². The first-order valence-electron chi connectivity index (χ1n) is 8.10. The van der Waals surface area contributed by atoms with E-state index in [1.54, 1.807) is 0 Å². The predicted molar refractivity (Wildman–Crippen MR) is 106 cm³/mol. The van der Waals surface area contributed by atoms with Crippen LogP contribution < -0.4 is 10.6 Å². The third-order valence-electron chi connectivity index (χ3n) is 3.84. The second-order valence-electron chi connectivity index (χ2n) is 5.97. The predicted octanol–water partition coefficient (Wildman–Crippen LogP) is 3.18. The Morgan fingerprint density at radius 2 is 2.20 bits per heavy atom. The number of hydrogen-bond acceptors (Lipinski definition) is 4. The fourth-order valence-corrected chi connectivity index (χ4v) is 3.41. The molecule has 1 aromatic heterocycles. The van der Waals surface area contributed by atoms with Gasteiger partial charge in [0.15, 0.2) is 11.7 Å². The first kappa shape index (κ1) is 22.4. The summed E-state index contributed by atoms with van der Waals surface area (Å²) in [6.07, 6.45) is -2.03. The van der Waals surface area contributed by atoms with E-state index in [9.17, 15) is 13.2 Å². The Kier molecular flexibility index (Phi) is 9.43. The Hall–Kier alpha value is -0.620. The van der Waals surface area contributed by atoms with Crippen molar-refractivity contribution in [2.75, 3.05) is 33.2 Å². The highest BCUT2D eigenvalue weighted by molar-refractivity contribution is 14.0. The Morgan fingerprint density at radius 3 is 2.80 bits per heavy atom. The molecule has 1 saturated heterocycles. The monoisotopic (exact) mass is 491 g/mol. The number of nitrogens with zero attached hydrogens (tertiary/aromatic N) is 3. The summed E-state index contributed by atoms with van der Waals surface area (Å²) >= 11 is 0.983. The number of likely N-dealkylation sites (tertiary alicyclic amines) is 1. The molecule has 0 spiro atoms. The second-order valence-corrected chi connectivity index (χ2v) is 6.91. The normalized spacial score (nSPS) is 19.4. The van der Waals surface area contributed by atoms with Gasteiger partial charge in [0, 0.05) is 25.0 Å². The highest BCUT2D eigenvalue weighted by Crippen LogP contribution is 2.30. The molecular weight excluding hydrogens is 466 g/mol. The number of halogens is 4. The number of piperidine rings is 1. The fourth-order valence-electron chi connectivity index (χ4n) is 2.68. The summed E-state index contributed by atoms with van der Waals surface area (Å²) < 4.78 is 37.7. The molecule has 5 nitrogen and oxygen atoms in total. The van der Waals surface area contributed by atoms with E-state index >= 15 is 0 Å². The Morgan fingerprint density at radius 1 is 1.44 bits per heavy atom. The molecular formula is C15H25F3IN5S. The summed E-state index contributed by atoms with van der Waals surface area (Å²) in [5, 5.41) is 7.79. The number of alkyl halides is 3. The summed E-state index contributed by atoms with van der Waals surface area (Å²) in [5.74, 6) is 1.18. The molecule has 10 heteroatoms. The van der Waals surface area contributed by atoms with Crippen LogP contribution in [0.5, 0.6) is 0 Å². The van der Waals surface area contributed by atoms with Crippen LogP contribution in [-0.4, -0.2) is 49.1 Å². The topological polar surface area (TPSA) is 52.6 Å². The molecule has 0 saturated carbocycles. The highest BCUT2D eigenvalue weighted by Gasteiger charge is 2.33. The molecule has 25 heavy (non-hydrogen) atoms. The molecule has 0 radical (unpaired) electrons. The van der Waals surface area contributed by atoms with E-state index in [1.807, 2.05) is 6.92 Å². The zero-order valence-corrected chi connectivity index (χ0v) is 17.5. The molecule has 1 aromatic rings. The van der Waals surface area contributed by atoms with Crippen LogP contribution >= 0.6 is 35.3 Å². The molecule has 0 amide bonds. The average Bonchev–Trinajstić information content (AvgIpc) is 2.99. The molecule has 2 heterocycles. The molecule has 1 aliphatic heterocycles. The quantitative estimate of drug-likeness (QED) is 0.378. The minimum absolute atomic E-state index is 0. The molecule has 1 unspecified atom stereocenters. The van der Waals surface area contributed by atoms with E-state index < -0.39 is 11.9 Å². The minimum Gasteiger partial charge on any atom is -0.357 e. The standard InChI is InChI=1S/C15H24F3N5S.HI/c1-3-19-14(20-7-11-5-4-6-23(2)9-11)21-8-13-22-12(10-24-13)15(16,17)18;/h10-11H,3-9H2,1-2H3,(H2,19,20,21);1H. The highest BCUT2D eigenvalue weighted by atomic mass is 127. The summed E-state index contributed by atoms with van der Waals surface area (Å²) in [6.45, 7) is 5.78. The minimum atomic E-state index is -4.39. The number of guanidine groups is 1. The van der Waals surface area contributed by atoms with E-state index in [1.165, 1.54) is 12.8 Å². The summed E-state index contributed by atoms with van der Waals surface area (Å²) in [6, 6.07) is 0. The van der Waals surface area contributed by atoms with Crippen LogP contribution in [0, 0.1) is 5.92 Å². The lowest BCUT2D eigenvalue weighted by Crippen LogP contribution is -2.43. The molecule has 1 atom stereocenters. The smallest absolute Gasteiger partial charge is 0.357 e. The second kappa shape index (κ2) is 10.5. The van der Waals surface area contributed by atoms with Crippen LogP contribution in [0.15, 0.2) is 10.4 Å². The third-order valence-corrected chi connectivity index (χ3v) is 4.67. The maximum Gasteiger partial charge on any atom is 0.434 e. The van der Waals surface area contributed by atoms with Gasteiger partial charge in [0.1, 0.15) is 5.01 Å². The van der Waals surface area contributed by atoms with Crippen molar-refractivity contribution in [1.82, 2.24) is 20.5 Å². The Bertz CT molecular complexity index is 550. The van der Waals surface area contributed by atoms with Crippen molar-refractivity contribution in [1.29, 1.82) is 0 Å². The van der Waals surface area contributed by atoms with Gasteiger partial charge in [0.25, 0.3) is 0 Å². The van der Waals surface area contributed by atoms with Crippen LogP contribution in [0.1, 0.15) is 30.5 Å². The Labute approximate surface area is 167 Å². The van der Waals surface area contributed by atoms with E-state index in [-0.39, 0.29) is 30.5 Å². The van der Waals surface area contributed by atoms with Crippen molar-refractivity contribution >= 4 is 41.3 Å². The first-order valence-corrected chi connectivity index (χ1v) is 8.98.